The standard InChI is InChI=1S/C10H16N2OS/c1-6(2)5-11-10-9(8(4)13)7(3)12-14-10/h6,11H,5H2,1-4H3. The molecule has 1 heterocycles. The fourth-order valence-corrected chi connectivity index (χ4v) is 2.05. The van der Waals surface area contributed by atoms with Gasteiger partial charge in [-0.3, -0.25) is 4.79 Å². The molecule has 78 valence electrons. The monoisotopic (exact) mass is 212 g/mol. The molecule has 0 saturated heterocycles. The number of carbonyl (C=O) groups is 1. The van der Waals surface area contributed by atoms with Crippen molar-refractivity contribution < 1.29 is 4.79 Å². The molecule has 0 aliphatic rings. The van der Waals surface area contributed by atoms with Gasteiger partial charge in [-0.25, -0.2) is 0 Å². The van der Waals surface area contributed by atoms with Gasteiger partial charge < -0.3 is 5.32 Å². The molecule has 0 atom stereocenters. The predicted molar refractivity (Wildman–Crippen MR) is 60.2 cm³/mol. The molecule has 0 amide bonds. The van der Waals surface area contributed by atoms with Gasteiger partial charge in [-0.1, -0.05) is 13.8 Å². The SMILES string of the molecule is CC(=O)c1c(C)nsc1NCC(C)C. The minimum Gasteiger partial charge on any atom is -0.375 e. The van der Waals surface area contributed by atoms with Crippen LogP contribution in [0.4, 0.5) is 5.00 Å². The Kier molecular flexibility index (Phi) is 3.63. The highest BCUT2D eigenvalue weighted by Gasteiger charge is 2.14. The van der Waals surface area contributed by atoms with Crippen LogP contribution in [0.2, 0.25) is 0 Å². The summed E-state index contributed by atoms with van der Waals surface area (Å²) in [5.74, 6) is 0.653. The first-order valence-corrected chi connectivity index (χ1v) is 5.50. The molecule has 3 nitrogen and oxygen atoms in total. The topological polar surface area (TPSA) is 42.0 Å². The molecule has 1 aromatic rings. The van der Waals surface area contributed by atoms with E-state index in [0.717, 1.165) is 22.8 Å². The summed E-state index contributed by atoms with van der Waals surface area (Å²) in [5.41, 5.74) is 1.57. The molecule has 0 fully saturated rings. The molecule has 0 spiro atoms. The number of hydrogen-bond donors (Lipinski definition) is 1. The molecule has 1 N–H and O–H groups in total. The highest BCUT2D eigenvalue weighted by atomic mass is 32.1. The van der Waals surface area contributed by atoms with E-state index in [4.69, 9.17) is 0 Å². The van der Waals surface area contributed by atoms with Crippen molar-refractivity contribution in [1.82, 2.24) is 4.37 Å². The summed E-state index contributed by atoms with van der Waals surface area (Å²) in [7, 11) is 0. The van der Waals surface area contributed by atoms with E-state index in [1.807, 2.05) is 6.92 Å². The summed E-state index contributed by atoms with van der Waals surface area (Å²) >= 11 is 1.36. The molecule has 1 aromatic heterocycles. The Morgan fingerprint density at radius 1 is 1.57 bits per heavy atom. The first-order valence-electron chi connectivity index (χ1n) is 4.73. The van der Waals surface area contributed by atoms with Crippen LogP contribution in [0, 0.1) is 12.8 Å². The molecule has 0 bridgehead atoms. The molecular formula is C10H16N2OS. The average Bonchev–Trinajstić information content (AvgIpc) is 2.43. The van der Waals surface area contributed by atoms with Crippen molar-refractivity contribution in [1.29, 1.82) is 0 Å². The van der Waals surface area contributed by atoms with Crippen molar-refractivity contribution in [2.24, 2.45) is 5.92 Å². The summed E-state index contributed by atoms with van der Waals surface area (Å²) in [5, 5.41) is 4.16. The van der Waals surface area contributed by atoms with Gasteiger partial charge in [0.1, 0.15) is 5.00 Å². The number of aryl methyl sites for hydroxylation is 1. The Labute approximate surface area is 88.7 Å². The van der Waals surface area contributed by atoms with Crippen molar-refractivity contribution in [3.05, 3.63) is 11.3 Å². The summed E-state index contributed by atoms with van der Waals surface area (Å²) in [6.07, 6.45) is 0. The van der Waals surface area contributed by atoms with E-state index in [1.165, 1.54) is 11.5 Å². The predicted octanol–water partition coefficient (Wildman–Crippen LogP) is 2.72. The van der Waals surface area contributed by atoms with E-state index in [-0.39, 0.29) is 5.78 Å². The summed E-state index contributed by atoms with van der Waals surface area (Å²) in [4.78, 5) is 11.3. The van der Waals surface area contributed by atoms with Gasteiger partial charge in [-0.05, 0) is 31.3 Å². The molecule has 0 saturated carbocycles. The number of carbonyl (C=O) groups excluding carboxylic acids is 1. The number of rotatable bonds is 4. The Balaban J connectivity index is 2.81. The smallest absolute Gasteiger partial charge is 0.164 e. The van der Waals surface area contributed by atoms with Gasteiger partial charge in [-0.15, -0.1) is 0 Å². The first kappa shape index (κ1) is 11.2. The molecule has 0 aromatic carbocycles. The molecule has 4 heteroatoms. The van der Waals surface area contributed by atoms with E-state index in [9.17, 15) is 4.79 Å². The number of ketones is 1. The maximum absolute atomic E-state index is 11.3. The quantitative estimate of drug-likeness (QED) is 0.780. The van der Waals surface area contributed by atoms with E-state index in [2.05, 4.69) is 23.5 Å². The van der Waals surface area contributed by atoms with Crippen LogP contribution in [0.5, 0.6) is 0 Å². The van der Waals surface area contributed by atoms with Crippen LogP contribution in [-0.2, 0) is 0 Å². The van der Waals surface area contributed by atoms with Crippen molar-refractivity contribution in [3.8, 4) is 0 Å². The molecule has 14 heavy (non-hydrogen) atoms. The maximum Gasteiger partial charge on any atom is 0.164 e. The number of nitrogens with zero attached hydrogens (tertiary/aromatic N) is 1. The Hall–Kier alpha value is -0.900. The highest BCUT2D eigenvalue weighted by Crippen LogP contribution is 2.24. The molecule has 0 aliphatic carbocycles. The maximum atomic E-state index is 11.3. The van der Waals surface area contributed by atoms with Crippen molar-refractivity contribution in [3.63, 3.8) is 0 Å². The van der Waals surface area contributed by atoms with Crippen LogP contribution < -0.4 is 5.32 Å². The molecule has 1 rings (SSSR count). The van der Waals surface area contributed by atoms with E-state index in [1.54, 1.807) is 6.92 Å². The van der Waals surface area contributed by atoms with Crippen LogP contribution in [0.25, 0.3) is 0 Å². The zero-order chi connectivity index (χ0) is 10.7. The lowest BCUT2D eigenvalue weighted by atomic mass is 10.1. The van der Waals surface area contributed by atoms with Crippen LogP contribution in [0.15, 0.2) is 0 Å². The van der Waals surface area contributed by atoms with Crippen LogP contribution >= 0.6 is 11.5 Å². The Morgan fingerprint density at radius 3 is 2.71 bits per heavy atom. The number of nitrogens with one attached hydrogen (secondary N) is 1. The normalized spacial score (nSPS) is 10.6. The third-order valence-corrected chi connectivity index (χ3v) is 2.78. The van der Waals surface area contributed by atoms with Crippen molar-refractivity contribution >= 4 is 22.3 Å². The highest BCUT2D eigenvalue weighted by molar-refractivity contribution is 7.10. The van der Waals surface area contributed by atoms with Crippen LogP contribution in [0.1, 0.15) is 36.8 Å². The van der Waals surface area contributed by atoms with Crippen molar-refractivity contribution in [2.75, 3.05) is 11.9 Å². The zero-order valence-corrected chi connectivity index (χ0v) is 9.86. The van der Waals surface area contributed by atoms with Gasteiger partial charge in [0, 0.05) is 6.54 Å². The van der Waals surface area contributed by atoms with Gasteiger partial charge in [0.2, 0.25) is 0 Å². The molecule has 0 radical (unpaired) electrons. The Bertz CT molecular complexity index is 331. The average molecular weight is 212 g/mol. The minimum absolute atomic E-state index is 0.0857. The second-order valence-corrected chi connectivity index (χ2v) is 4.58. The molecule has 0 unspecified atom stereocenters. The van der Waals surface area contributed by atoms with E-state index < -0.39 is 0 Å². The van der Waals surface area contributed by atoms with Gasteiger partial charge in [0.05, 0.1) is 11.3 Å². The molecular weight excluding hydrogens is 196 g/mol. The van der Waals surface area contributed by atoms with E-state index in [0.29, 0.717) is 5.92 Å². The summed E-state index contributed by atoms with van der Waals surface area (Å²) in [6, 6.07) is 0. The number of aromatic nitrogens is 1. The number of anilines is 1. The first-order chi connectivity index (χ1) is 6.52. The second kappa shape index (κ2) is 4.55. The lowest BCUT2D eigenvalue weighted by molar-refractivity contribution is 0.101. The molecule has 0 aliphatic heterocycles. The zero-order valence-electron chi connectivity index (χ0n) is 9.05. The second-order valence-electron chi connectivity index (χ2n) is 3.80. The van der Waals surface area contributed by atoms with Crippen molar-refractivity contribution in [2.45, 2.75) is 27.7 Å². The van der Waals surface area contributed by atoms with Crippen LogP contribution in [-0.4, -0.2) is 16.7 Å². The lowest BCUT2D eigenvalue weighted by Crippen LogP contribution is -2.09. The third kappa shape index (κ3) is 2.54. The number of hydrogen-bond acceptors (Lipinski definition) is 4. The third-order valence-electron chi connectivity index (χ3n) is 1.89. The van der Waals surface area contributed by atoms with Gasteiger partial charge >= 0.3 is 0 Å². The lowest BCUT2D eigenvalue weighted by Gasteiger charge is -2.07. The minimum atomic E-state index is 0.0857. The number of Topliss-reactive ketones (excluding diaryl/α,β-unsaturated/α-hetero) is 1. The van der Waals surface area contributed by atoms with Gasteiger partial charge in [0.15, 0.2) is 5.78 Å². The van der Waals surface area contributed by atoms with Crippen LogP contribution in [0.3, 0.4) is 0 Å². The fraction of sp³-hybridized carbons (Fsp3) is 0.600. The summed E-state index contributed by atoms with van der Waals surface area (Å²) < 4.78 is 4.17. The summed E-state index contributed by atoms with van der Waals surface area (Å²) in [6.45, 7) is 8.59. The van der Waals surface area contributed by atoms with E-state index >= 15 is 0 Å². The fourth-order valence-electron chi connectivity index (χ4n) is 1.20. The van der Waals surface area contributed by atoms with Gasteiger partial charge in [-0.2, -0.15) is 4.37 Å². The largest absolute Gasteiger partial charge is 0.375 e. The van der Waals surface area contributed by atoms with Gasteiger partial charge in [0.25, 0.3) is 0 Å². The Morgan fingerprint density at radius 2 is 2.21 bits per heavy atom.